The Bertz CT molecular complexity index is 1040. The van der Waals surface area contributed by atoms with Crippen LogP contribution in [0.25, 0.3) is 27.9 Å². The Morgan fingerprint density at radius 1 is 1.16 bits per heavy atom. The Hall–Kier alpha value is -3.00. The van der Waals surface area contributed by atoms with Crippen LogP contribution in [0.2, 0.25) is 0 Å². The number of nitrogens with two attached hydrogens (primary N) is 1. The highest BCUT2D eigenvalue weighted by Gasteiger charge is 2.11. The number of pyridine rings is 1. The van der Waals surface area contributed by atoms with Crippen molar-refractivity contribution in [1.82, 2.24) is 34.4 Å². The van der Waals surface area contributed by atoms with Crippen molar-refractivity contribution in [3.8, 4) is 11.3 Å². The number of aryl methyl sites for hydroxylation is 2. The predicted molar refractivity (Wildman–Crippen MR) is 97.1 cm³/mol. The molecule has 1 fully saturated rings. The molecule has 0 aromatic carbocycles. The topological polar surface area (TPSA) is 98.9 Å². The molecule has 8 nitrogen and oxygen atoms in total. The Morgan fingerprint density at radius 2 is 1.92 bits per heavy atom. The number of aromatic nitrogens is 6. The normalized spacial score (nSPS) is 13.5. The molecule has 1 aliphatic rings. The van der Waals surface area contributed by atoms with Gasteiger partial charge in [0.05, 0.1) is 17.4 Å². The SMILES string of the molecule is C1CNC1.Cc1nc2ccc(-c3ccn4nc(N)ncc34)nc2n1C. The standard InChI is InChI=1S/C14H13N7.C3H7N/c1-8-17-11-4-3-10(18-13(11)20(8)2)9-5-6-21-12(9)7-16-14(15)19-21;1-2-4-3-1/h3-7H,1-2H3,(H2,15,19);4H,1-3H2. The van der Waals surface area contributed by atoms with Crippen LogP contribution in [0.5, 0.6) is 0 Å². The number of nitrogens with zero attached hydrogens (tertiary/aromatic N) is 6. The zero-order valence-corrected chi connectivity index (χ0v) is 14.3. The number of nitrogens with one attached hydrogen (secondary N) is 1. The molecule has 5 heterocycles. The lowest BCUT2D eigenvalue weighted by Gasteiger charge is -2.09. The van der Waals surface area contributed by atoms with Crippen LogP contribution in [0, 0.1) is 6.92 Å². The molecule has 0 saturated carbocycles. The molecule has 5 rings (SSSR count). The molecule has 0 unspecified atom stereocenters. The van der Waals surface area contributed by atoms with Crippen LogP contribution in [0.3, 0.4) is 0 Å². The fraction of sp³-hybridized carbons (Fsp3) is 0.294. The molecular formula is C17H20N8. The first-order chi connectivity index (χ1) is 12.1. The summed E-state index contributed by atoms with van der Waals surface area (Å²) >= 11 is 0. The number of rotatable bonds is 1. The first-order valence-corrected chi connectivity index (χ1v) is 8.24. The van der Waals surface area contributed by atoms with E-state index in [0.717, 1.165) is 33.8 Å². The van der Waals surface area contributed by atoms with Gasteiger partial charge in [-0.25, -0.2) is 19.5 Å². The molecule has 4 aromatic rings. The Labute approximate surface area is 144 Å². The van der Waals surface area contributed by atoms with Crippen LogP contribution in [0.15, 0.2) is 30.6 Å². The van der Waals surface area contributed by atoms with Gasteiger partial charge in [-0.3, -0.25) is 0 Å². The number of hydrogen-bond donors (Lipinski definition) is 2. The lowest BCUT2D eigenvalue weighted by Crippen LogP contribution is -2.29. The molecule has 1 aliphatic heterocycles. The van der Waals surface area contributed by atoms with Crippen LogP contribution in [0.1, 0.15) is 12.2 Å². The van der Waals surface area contributed by atoms with E-state index in [4.69, 9.17) is 10.7 Å². The molecular weight excluding hydrogens is 316 g/mol. The summed E-state index contributed by atoms with van der Waals surface area (Å²) in [6.07, 6.45) is 4.95. The molecule has 1 saturated heterocycles. The van der Waals surface area contributed by atoms with Crippen LogP contribution in [0.4, 0.5) is 5.95 Å². The highest BCUT2D eigenvalue weighted by Crippen LogP contribution is 2.25. The fourth-order valence-corrected chi connectivity index (χ4v) is 2.63. The van der Waals surface area contributed by atoms with Crippen LogP contribution in [-0.2, 0) is 7.05 Å². The molecule has 0 bridgehead atoms. The number of imidazole rings is 1. The fourth-order valence-electron chi connectivity index (χ4n) is 2.63. The van der Waals surface area contributed by atoms with E-state index in [1.54, 1.807) is 10.7 Å². The summed E-state index contributed by atoms with van der Waals surface area (Å²) < 4.78 is 3.68. The van der Waals surface area contributed by atoms with E-state index in [-0.39, 0.29) is 5.95 Å². The third kappa shape index (κ3) is 2.80. The van der Waals surface area contributed by atoms with E-state index in [1.807, 2.05) is 42.9 Å². The van der Waals surface area contributed by atoms with Crippen LogP contribution in [-0.4, -0.2) is 42.2 Å². The molecule has 3 N–H and O–H groups in total. The lowest BCUT2D eigenvalue weighted by molar-refractivity contribution is 0.527. The molecule has 0 atom stereocenters. The van der Waals surface area contributed by atoms with Gasteiger partial charge in [-0.15, -0.1) is 5.10 Å². The second-order valence-corrected chi connectivity index (χ2v) is 6.04. The van der Waals surface area contributed by atoms with E-state index in [9.17, 15) is 0 Å². The van der Waals surface area contributed by atoms with Gasteiger partial charge in [-0.05, 0) is 44.6 Å². The minimum absolute atomic E-state index is 0.246. The number of fused-ring (bicyclic) bond motifs is 2. The summed E-state index contributed by atoms with van der Waals surface area (Å²) in [4.78, 5) is 13.2. The third-order valence-electron chi connectivity index (χ3n) is 4.36. The van der Waals surface area contributed by atoms with Crippen molar-refractivity contribution in [1.29, 1.82) is 0 Å². The van der Waals surface area contributed by atoms with Gasteiger partial charge in [0.2, 0.25) is 5.95 Å². The van der Waals surface area contributed by atoms with Crippen molar-refractivity contribution in [3.05, 3.63) is 36.4 Å². The zero-order valence-electron chi connectivity index (χ0n) is 14.3. The minimum atomic E-state index is 0.246. The molecule has 0 radical (unpaired) electrons. The second kappa shape index (κ2) is 6.14. The lowest BCUT2D eigenvalue weighted by atomic mass is 10.2. The Balaban J connectivity index is 0.000000347. The summed E-state index contributed by atoms with van der Waals surface area (Å²) in [6, 6.07) is 5.90. The molecule has 0 amide bonds. The van der Waals surface area contributed by atoms with E-state index in [2.05, 4.69) is 20.4 Å². The largest absolute Gasteiger partial charge is 0.367 e. The highest BCUT2D eigenvalue weighted by atomic mass is 15.3. The predicted octanol–water partition coefficient (Wildman–Crippen LogP) is 1.55. The highest BCUT2D eigenvalue weighted by molar-refractivity contribution is 5.82. The molecule has 0 aliphatic carbocycles. The zero-order chi connectivity index (χ0) is 17.4. The first-order valence-electron chi connectivity index (χ1n) is 8.24. The first kappa shape index (κ1) is 15.5. The molecule has 128 valence electrons. The van der Waals surface area contributed by atoms with E-state index >= 15 is 0 Å². The van der Waals surface area contributed by atoms with Crippen molar-refractivity contribution < 1.29 is 0 Å². The summed E-state index contributed by atoms with van der Waals surface area (Å²) in [7, 11) is 1.96. The summed E-state index contributed by atoms with van der Waals surface area (Å²) in [5.74, 6) is 1.18. The summed E-state index contributed by atoms with van der Waals surface area (Å²) in [6.45, 7) is 4.46. The van der Waals surface area contributed by atoms with E-state index < -0.39 is 0 Å². The van der Waals surface area contributed by atoms with Gasteiger partial charge in [-0.1, -0.05) is 0 Å². The molecule has 4 aromatic heterocycles. The summed E-state index contributed by atoms with van der Waals surface area (Å²) in [5, 5.41) is 7.25. The van der Waals surface area contributed by atoms with Crippen molar-refractivity contribution >= 4 is 22.6 Å². The van der Waals surface area contributed by atoms with Crippen molar-refractivity contribution in [2.45, 2.75) is 13.3 Å². The van der Waals surface area contributed by atoms with Crippen LogP contribution >= 0.6 is 0 Å². The second-order valence-electron chi connectivity index (χ2n) is 6.04. The van der Waals surface area contributed by atoms with Crippen LogP contribution < -0.4 is 11.1 Å². The average Bonchev–Trinajstić information content (AvgIpc) is 3.07. The number of hydrogen-bond acceptors (Lipinski definition) is 6. The van der Waals surface area contributed by atoms with Gasteiger partial charge < -0.3 is 15.6 Å². The van der Waals surface area contributed by atoms with Gasteiger partial charge in [0.1, 0.15) is 11.3 Å². The molecule has 0 spiro atoms. The molecule has 25 heavy (non-hydrogen) atoms. The molecule has 8 heteroatoms. The van der Waals surface area contributed by atoms with Gasteiger partial charge in [0, 0.05) is 18.8 Å². The van der Waals surface area contributed by atoms with E-state index in [1.165, 1.54) is 19.5 Å². The summed E-state index contributed by atoms with van der Waals surface area (Å²) in [5.41, 5.74) is 10.1. The van der Waals surface area contributed by atoms with Gasteiger partial charge in [-0.2, -0.15) is 0 Å². The minimum Gasteiger partial charge on any atom is -0.367 e. The quantitative estimate of drug-likeness (QED) is 0.547. The smallest absolute Gasteiger partial charge is 0.238 e. The maximum atomic E-state index is 5.60. The van der Waals surface area contributed by atoms with Gasteiger partial charge in [0.25, 0.3) is 0 Å². The van der Waals surface area contributed by atoms with Crippen molar-refractivity contribution in [3.63, 3.8) is 0 Å². The Kier molecular flexibility index (Phi) is 3.81. The maximum absolute atomic E-state index is 5.60. The van der Waals surface area contributed by atoms with Gasteiger partial charge in [0.15, 0.2) is 5.65 Å². The number of nitrogen functional groups attached to an aromatic ring is 1. The van der Waals surface area contributed by atoms with E-state index in [0.29, 0.717) is 0 Å². The van der Waals surface area contributed by atoms with Crippen molar-refractivity contribution in [2.24, 2.45) is 7.05 Å². The van der Waals surface area contributed by atoms with Crippen molar-refractivity contribution in [2.75, 3.05) is 18.8 Å². The Morgan fingerprint density at radius 3 is 2.64 bits per heavy atom. The third-order valence-corrected chi connectivity index (χ3v) is 4.36. The monoisotopic (exact) mass is 336 g/mol. The van der Waals surface area contributed by atoms with Gasteiger partial charge >= 0.3 is 0 Å². The average molecular weight is 336 g/mol. The number of anilines is 1. The maximum Gasteiger partial charge on any atom is 0.238 e.